The van der Waals surface area contributed by atoms with Gasteiger partial charge in [-0.1, -0.05) is 6.92 Å². The molecule has 0 aliphatic rings. The summed E-state index contributed by atoms with van der Waals surface area (Å²) in [6.07, 6.45) is 1.71. The van der Waals surface area contributed by atoms with E-state index < -0.39 is 5.60 Å². The molecule has 108 valence electrons. The minimum atomic E-state index is -0.944. The lowest BCUT2D eigenvalue weighted by atomic mass is 9.91. The SMILES string of the molecule is CCCNCCC(C)(O)c1cc(OC)ccc1OC. The van der Waals surface area contributed by atoms with Crippen molar-refractivity contribution in [1.29, 1.82) is 0 Å². The third-order valence-electron chi connectivity index (χ3n) is 3.20. The summed E-state index contributed by atoms with van der Waals surface area (Å²) in [5.41, 5.74) is -0.187. The van der Waals surface area contributed by atoms with Crippen LogP contribution < -0.4 is 14.8 Å². The molecule has 0 saturated carbocycles. The number of methoxy groups -OCH3 is 2. The molecule has 0 aliphatic heterocycles. The lowest BCUT2D eigenvalue weighted by Crippen LogP contribution is -2.28. The maximum atomic E-state index is 10.6. The fourth-order valence-electron chi connectivity index (χ4n) is 2.00. The molecule has 0 amide bonds. The monoisotopic (exact) mass is 267 g/mol. The van der Waals surface area contributed by atoms with Crippen LogP contribution in [0.2, 0.25) is 0 Å². The smallest absolute Gasteiger partial charge is 0.125 e. The van der Waals surface area contributed by atoms with Crippen molar-refractivity contribution in [2.45, 2.75) is 32.3 Å². The Morgan fingerprint density at radius 3 is 2.53 bits per heavy atom. The van der Waals surface area contributed by atoms with Gasteiger partial charge in [0.25, 0.3) is 0 Å². The summed E-state index contributed by atoms with van der Waals surface area (Å²) in [6.45, 7) is 5.65. The maximum Gasteiger partial charge on any atom is 0.125 e. The van der Waals surface area contributed by atoms with Crippen molar-refractivity contribution in [3.63, 3.8) is 0 Å². The molecule has 1 unspecified atom stereocenters. The Morgan fingerprint density at radius 1 is 1.21 bits per heavy atom. The van der Waals surface area contributed by atoms with Gasteiger partial charge in [0.15, 0.2) is 0 Å². The van der Waals surface area contributed by atoms with Gasteiger partial charge in [0.2, 0.25) is 0 Å². The third-order valence-corrected chi connectivity index (χ3v) is 3.20. The van der Waals surface area contributed by atoms with E-state index in [9.17, 15) is 5.11 Å². The number of hydrogen-bond donors (Lipinski definition) is 2. The first-order chi connectivity index (χ1) is 9.05. The van der Waals surface area contributed by atoms with Crippen LogP contribution >= 0.6 is 0 Å². The lowest BCUT2D eigenvalue weighted by Gasteiger charge is -2.26. The molecule has 1 atom stereocenters. The van der Waals surface area contributed by atoms with Gasteiger partial charge >= 0.3 is 0 Å². The van der Waals surface area contributed by atoms with Crippen LogP contribution in [-0.2, 0) is 5.60 Å². The summed E-state index contributed by atoms with van der Waals surface area (Å²) in [6, 6.07) is 5.48. The van der Waals surface area contributed by atoms with Crippen LogP contribution in [0.5, 0.6) is 11.5 Å². The summed E-state index contributed by atoms with van der Waals surface area (Å²) < 4.78 is 10.5. The second-order valence-electron chi connectivity index (χ2n) is 4.84. The second kappa shape index (κ2) is 7.36. The Hall–Kier alpha value is -1.26. The number of hydrogen-bond acceptors (Lipinski definition) is 4. The third kappa shape index (κ3) is 4.40. The normalized spacial score (nSPS) is 13.9. The molecule has 0 spiro atoms. The van der Waals surface area contributed by atoms with Gasteiger partial charge in [-0.05, 0) is 51.1 Å². The van der Waals surface area contributed by atoms with Gasteiger partial charge in [-0.15, -0.1) is 0 Å². The minimum absolute atomic E-state index is 0.622. The number of ether oxygens (including phenoxy) is 2. The van der Waals surface area contributed by atoms with Gasteiger partial charge in [-0.25, -0.2) is 0 Å². The van der Waals surface area contributed by atoms with Crippen LogP contribution in [0.1, 0.15) is 32.3 Å². The van der Waals surface area contributed by atoms with E-state index in [1.165, 1.54) is 0 Å². The first-order valence-corrected chi connectivity index (χ1v) is 6.70. The molecule has 0 saturated heterocycles. The fraction of sp³-hybridized carbons (Fsp3) is 0.600. The van der Waals surface area contributed by atoms with E-state index in [4.69, 9.17) is 9.47 Å². The zero-order chi connectivity index (χ0) is 14.3. The van der Waals surface area contributed by atoms with Crippen molar-refractivity contribution >= 4 is 0 Å². The van der Waals surface area contributed by atoms with Crippen molar-refractivity contribution in [2.24, 2.45) is 0 Å². The maximum absolute atomic E-state index is 10.6. The van der Waals surface area contributed by atoms with Gasteiger partial charge in [0.05, 0.1) is 19.8 Å². The molecule has 1 aromatic rings. The quantitative estimate of drug-likeness (QED) is 0.710. The number of aliphatic hydroxyl groups is 1. The zero-order valence-corrected chi connectivity index (χ0v) is 12.3. The Kier molecular flexibility index (Phi) is 6.12. The van der Waals surface area contributed by atoms with Crippen molar-refractivity contribution in [1.82, 2.24) is 5.32 Å². The van der Waals surface area contributed by atoms with E-state index in [2.05, 4.69) is 12.2 Å². The van der Waals surface area contributed by atoms with Crippen molar-refractivity contribution in [3.8, 4) is 11.5 Å². The molecule has 4 heteroatoms. The molecule has 1 aromatic carbocycles. The van der Waals surface area contributed by atoms with Crippen LogP contribution in [0, 0.1) is 0 Å². The molecule has 0 radical (unpaired) electrons. The average Bonchev–Trinajstić information content (AvgIpc) is 2.43. The fourth-order valence-corrected chi connectivity index (χ4v) is 2.00. The minimum Gasteiger partial charge on any atom is -0.497 e. The number of benzene rings is 1. The second-order valence-corrected chi connectivity index (χ2v) is 4.84. The average molecular weight is 267 g/mol. The molecule has 0 heterocycles. The lowest BCUT2D eigenvalue weighted by molar-refractivity contribution is 0.0453. The van der Waals surface area contributed by atoms with Crippen LogP contribution in [0.15, 0.2) is 18.2 Å². The van der Waals surface area contributed by atoms with Crippen molar-refractivity contribution in [2.75, 3.05) is 27.3 Å². The van der Waals surface area contributed by atoms with Crippen LogP contribution in [0.25, 0.3) is 0 Å². The first-order valence-electron chi connectivity index (χ1n) is 6.70. The van der Waals surface area contributed by atoms with Gasteiger partial charge in [-0.2, -0.15) is 0 Å². The number of nitrogens with one attached hydrogen (secondary N) is 1. The number of rotatable bonds is 8. The molecule has 0 aromatic heterocycles. The summed E-state index contributed by atoms with van der Waals surface area (Å²) in [5.74, 6) is 1.40. The molecule has 0 aliphatic carbocycles. The summed E-state index contributed by atoms with van der Waals surface area (Å²) >= 11 is 0. The molecule has 0 bridgehead atoms. The highest BCUT2D eigenvalue weighted by molar-refractivity contribution is 5.43. The highest BCUT2D eigenvalue weighted by Gasteiger charge is 2.26. The van der Waals surface area contributed by atoms with Crippen molar-refractivity contribution in [3.05, 3.63) is 23.8 Å². The van der Waals surface area contributed by atoms with Gasteiger partial charge in [-0.3, -0.25) is 0 Å². The predicted octanol–water partition coefficient (Wildman–Crippen LogP) is 2.30. The standard InChI is InChI=1S/C15H25NO3/c1-5-9-16-10-8-15(2,17)13-11-12(18-3)6-7-14(13)19-4/h6-7,11,16-17H,5,8-10H2,1-4H3. The largest absolute Gasteiger partial charge is 0.497 e. The summed E-state index contributed by atoms with van der Waals surface area (Å²) in [4.78, 5) is 0. The highest BCUT2D eigenvalue weighted by Crippen LogP contribution is 2.34. The summed E-state index contributed by atoms with van der Waals surface area (Å²) in [5, 5.41) is 13.9. The predicted molar refractivity (Wildman–Crippen MR) is 76.9 cm³/mol. The van der Waals surface area contributed by atoms with E-state index in [0.717, 1.165) is 30.8 Å². The van der Waals surface area contributed by atoms with Crippen molar-refractivity contribution < 1.29 is 14.6 Å². The van der Waals surface area contributed by atoms with E-state index >= 15 is 0 Å². The Labute approximate surface area is 115 Å². The van der Waals surface area contributed by atoms with Gasteiger partial charge < -0.3 is 19.9 Å². The first kappa shape index (κ1) is 15.8. The Morgan fingerprint density at radius 2 is 1.95 bits per heavy atom. The molecular formula is C15H25NO3. The Balaban J connectivity index is 2.85. The highest BCUT2D eigenvalue weighted by atomic mass is 16.5. The van der Waals surface area contributed by atoms with Crippen LogP contribution in [0.4, 0.5) is 0 Å². The zero-order valence-electron chi connectivity index (χ0n) is 12.3. The molecule has 1 rings (SSSR count). The molecular weight excluding hydrogens is 242 g/mol. The van der Waals surface area contributed by atoms with Gasteiger partial charge in [0, 0.05) is 5.56 Å². The van der Waals surface area contributed by atoms with E-state index in [1.807, 2.05) is 18.2 Å². The molecule has 0 fully saturated rings. The summed E-state index contributed by atoms with van der Waals surface area (Å²) in [7, 11) is 3.22. The van der Waals surface area contributed by atoms with Gasteiger partial charge in [0.1, 0.15) is 11.5 Å². The molecule has 19 heavy (non-hydrogen) atoms. The molecule has 4 nitrogen and oxygen atoms in total. The van der Waals surface area contributed by atoms with Crippen LogP contribution in [-0.4, -0.2) is 32.4 Å². The van der Waals surface area contributed by atoms with Crippen LogP contribution in [0.3, 0.4) is 0 Å². The van der Waals surface area contributed by atoms with E-state index in [0.29, 0.717) is 12.2 Å². The Bertz CT molecular complexity index is 391. The van der Waals surface area contributed by atoms with E-state index in [1.54, 1.807) is 21.1 Å². The van der Waals surface area contributed by atoms with E-state index in [-0.39, 0.29) is 0 Å². The molecule has 2 N–H and O–H groups in total. The topological polar surface area (TPSA) is 50.7 Å².